The van der Waals surface area contributed by atoms with Crippen LogP contribution in [0.5, 0.6) is 0 Å². The lowest BCUT2D eigenvalue weighted by Crippen LogP contribution is -3.15. The average Bonchev–Trinajstić information content (AvgIpc) is 2.48. The van der Waals surface area contributed by atoms with Crippen LogP contribution in [-0.2, 0) is 9.53 Å². The van der Waals surface area contributed by atoms with Crippen molar-refractivity contribution in [3.8, 4) is 0 Å². The van der Waals surface area contributed by atoms with Crippen LogP contribution in [-0.4, -0.2) is 45.3 Å². The van der Waals surface area contributed by atoms with Gasteiger partial charge in [0.25, 0.3) is 0 Å². The summed E-state index contributed by atoms with van der Waals surface area (Å²) < 4.78 is 5.33. The van der Waals surface area contributed by atoms with Gasteiger partial charge >= 0.3 is 5.97 Å². The summed E-state index contributed by atoms with van der Waals surface area (Å²) in [6.07, 6.45) is 0. The fraction of sp³-hybridized carbons (Fsp3) is 0.500. The van der Waals surface area contributed by atoms with Crippen molar-refractivity contribution >= 4 is 21.9 Å². The second-order valence-electron chi connectivity index (χ2n) is 4.69. The minimum Gasteiger partial charge on any atom is -0.459 e. The predicted octanol–water partition coefficient (Wildman–Crippen LogP) is 0.154. The van der Waals surface area contributed by atoms with E-state index >= 15 is 0 Å². The Bertz CT molecular complexity index is 394. The summed E-state index contributed by atoms with van der Waals surface area (Å²) in [6.45, 7) is 5.69. The van der Waals surface area contributed by atoms with E-state index in [9.17, 15) is 4.79 Å². The second kappa shape index (κ2) is 7.62. The molecule has 104 valence electrons. The molecule has 0 aromatic heterocycles. The molecule has 0 spiro atoms. The molecule has 2 N–H and O–H groups in total. The van der Waals surface area contributed by atoms with E-state index in [1.54, 1.807) is 0 Å². The third-order valence-corrected chi connectivity index (χ3v) is 4.21. The predicted molar refractivity (Wildman–Crippen MR) is 77.5 cm³/mol. The Hall–Kier alpha value is -0.910. The van der Waals surface area contributed by atoms with E-state index in [1.807, 2.05) is 30.3 Å². The molecule has 0 saturated carbocycles. The van der Waals surface area contributed by atoms with E-state index < -0.39 is 0 Å². The first-order chi connectivity index (χ1) is 9.27. The number of quaternary nitrogens is 1. The van der Waals surface area contributed by atoms with Gasteiger partial charge in [-0.2, -0.15) is 0 Å². The number of alkyl halides is 1. The highest BCUT2D eigenvalue weighted by Crippen LogP contribution is 2.23. The molecule has 0 radical (unpaired) electrons. The molecule has 5 heteroatoms. The smallest absolute Gasteiger partial charge is 0.324 e. The number of hydrogen-bond acceptors (Lipinski definition) is 3. The maximum Gasteiger partial charge on any atom is 0.324 e. The molecule has 1 aromatic rings. The molecular weight excluding hydrogens is 308 g/mol. The summed E-state index contributed by atoms with van der Waals surface area (Å²) in [5, 5.41) is 3.32. The molecule has 4 nitrogen and oxygen atoms in total. The van der Waals surface area contributed by atoms with E-state index in [0.717, 1.165) is 38.3 Å². The highest BCUT2D eigenvalue weighted by molar-refractivity contribution is 9.09. The van der Waals surface area contributed by atoms with Gasteiger partial charge in [0.05, 0.1) is 13.1 Å². The molecule has 0 aliphatic carbocycles. The number of ether oxygens (including phenoxy) is 1. The van der Waals surface area contributed by atoms with Crippen LogP contribution < -0.4 is 10.2 Å². The van der Waals surface area contributed by atoms with Crippen molar-refractivity contribution in [2.45, 2.75) is 4.83 Å². The molecule has 2 rings (SSSR count). The van der Waals surface area contributed by atoms with Crippen molar-refractivity contribution in [2.75, 3.05) is 39.3 Å². The van der Waals surface area contributed by atoms with Crippen molar-refractivity contribution in [3.05, 3.63) is 35.9 Å². The Balaban J connectivity index is 1.72. The van der Waals surface area contributed by atoms with Gasteiger partial charge in [-0.05, 0) is 5.56 Å². The van der Waals surface area contributed by atoms with E-state index in [0.29, 0.717) is 6.61 Å². The standard InChI is InChI=1S/C14H19BrN2O2/c15-13(12-4-2-1-3-5-12)14(18)19-11-10-17-8-6-16-7-9-17/h1-5,13,16H,6-11H2/p+1. The highest BCUT2D eigenvalue weighted by atomic mass is 79.9. The van der Waals surface area contributed by atoms with E-state index in [2.05, 4.69) is 21.2 Å². The Morgan fingerprint density at radius 3 is 2.68 bits per heavy atom. The molecule has 0 amide bonds. The van der Waals surface area contributed by atoms with Gasteiger partial charge in [0, 0.05) is 13.1 Å². The monoisotopic (exact) mass is 327 g/mol. The number of rotatable bonds is 5. The molecule has 19 heavy (non-hydrogen) atoms. The largest absolute Gasteiger partial charge is 0.459 e. The van der Waals surface area contributed by atoms with Crippen molar-refractivity contribution in [3.63, 3.8) is 0 Å². The molecule has 1 aliphatic rings. The van der Waals surface area contributed by atoms with Crippen molar-refractivity contribution in [1.82, 2.24) is 5.32 Å². The summed E-state index contributed by atoms with van der Waals surface area (Å²) in [6, 6.07) is 9.61. The number of hydrogen-bond donors (Lipinski definition) is 2. The molecule has 0 bridgehead atoms. The second-order valence-corrected chi connectivity index (χ2v) is 5.61. The Labute approximate surface area is 122 Å². The number of halogens is 1. The molecule has 1 aliphatic heterocycles. The first-order valence-corrected chi connectivity index (χ1v) is 7.59. The summed E-state index contributed by atoms with van der Waals surface area (Å²) in [7, 11) is 0. The van der Waals surface area contributed by atoms with Crippen LogP contribution in [0.1, 0.15) is 10.4 Å². The van der Waals surface area contributed by atoms with E-state index in [-0.39, 0.29) is 10.8 Å². The number of carbonyl (C=O) groups is 1. The molecule has 1 atom stereocenters. The van der Waals surface area contributed by atoms with E-state index in [4.69, 9.17) is 4.74 Å². The van der Waals surface area contributed by atoms with E-state index in [1.165, 1.54) is 4.90 Å². The Morgan fingerprint density at radius 1 is 1.32 bits per heavy atom. The number of benzene rings is 1. The minimum absolute atomic E-state index is 0.208. The van der Waals surface area contributed by atoms with Gasteiger partial charge in [-0.15, -0.1) is 0 Å². The van der Waals surface area contributed by atoms with Crippen LogP contribution in [0, 0.1) is 0 Å². The number of esters is 1. The zero-order valence-electron chi connectivity index (χ0n) is 10.9. The molecular formula is C14H20BrN2O2+. The lowest BCUT2D eigenvalue weighted by atomic mass is 10.1. The van der Waals surface area contributed by atoms with Crippen LogP contribution >= 0.6 is 15.9 Å². The summed E-state index contributed by atoms with van der Waals surface area (Å²) >= 11 is 3.39. The van der Waals surface area contributed by atoms with Gasteiger partial charge in [-0.1, -0.05) is 46.3 Å². The van der Waals surface area contributed by atoms with Crippen LogP contribution in [0.25, 0.3) is 0 Å². The highest BCUT2D eigenvalue weighted by Gasteiger charge is 2.19. The van der Waals surface area contributed by atoms with Gasteiger partial charge in [0.15, 0.2) is 0 Å². The van der Waals surface area contributed by atoms with Gasteiger partial charge in [-0.3, -0.25) is 4.79 Å². The van der Waals surface area contributed by atoms with Crippen molar-refractivity contribution < 1.29 is 14.4 Å². The SMILES string of the molecule is O=C(OCC[NH+]1CCNCC1)C(Br)c1ccccc1. The number of nitrogens with one attached hydrogen (secondary N) is 2. The van der Waals surface area contributed by atoms with Crippen LogP contribution in [0.3, 0.4) is 0 Å². The lowest BCUT2D eigenvalue weighted by Gasteiger charge is -2.24. The van der Waals surface area contributed by atoms with Gasteiger partial charge in [0.2, 0.25) is 0 Å². The quantitative estimate of drug-likeness (QED) is 0.598. The molecule has 1 fully saturated rings. The zero-order chi connectivity index (χ0) is 13.5. The maximum absolute atomic E-state index is 11.9. The average molecular weight is 328 g/mol. The van der Waals surface area contributed by atoms with Gasteiger partial charge in [-0.25, -0.2) is 0 Å². The number of carbonyl (C=O) groups excluding carboxylic acids is 1. The van der Waals surface area contributed by atoms with Crippen LogP contribution in [0.15, 0.2) is 30.3 Å². The molecule has 1 saturated heterocycles. The summed E-state index contributed by atoms with van der Waals surface area (Å²) in [5.41, 5.74) is 0.932. The van der Waals surface area contributed by atoms with Crippen molar-refractivity contribution in [1.29, 1.82) is 0 Å². The molecule has 1 unspecified atom stereocenters. The summed E-state index contributed by atoms with van der Waals surface area (Å²) in [5.74, 6) is -0.208. The molecule has 1 aromatic carbocycles. The van der Waals surface area contributed by atoms with Crippen LogP contribution in [0.2, 0.25) is 0 Å². The normalized spacial score (nSPS) is 17.9. The lowest BCUT2D eigenvalue weighted by molar-refractivity contribution is -0.902. The topological polar surface area (TPSA) is 42.8 Å². The van der Waals surface area contributed by atoms with Gasteiger partial charge in [0.1, 0.15) is 18.0 Å². The first kappa shape index (κ1) is 14.5. The third kappa shape index (κ3) is 4.60. The van der Waals surface area contributed by atoms with Crippen LogP contribution in [0.4, 0.5) is 0 Å². The fourth-order valence-electron chi connectivity index (χ4n) is 2.16. The molecule has 1 heterocycles. The third-order valence-electron chi connectivity index (χ3n) is 3.31. The fourth-order valence-corrected chi connectivity index (χ4v) is 2.59. The van der Waals surface area contributed by atoms with Gasteiger partial charge < -0.3 is 15.0 Å². The summed E-state index contributed by atoms with van der Waals surface area (Å²) in [4.78, 5) is 13.0. The minimum atomic E-state index is -0.369. The zero-order valence-corrected chi connectivity index (χ0v) is 12.5. The maximum atomic E-state index is 11.9. The Morgan fingerprint density at radius 2 is 2.00 bits per heavy atom. The first-order valence-electron chi connectivity index (χ1n) is 6.67. The van der Waals surface area contributed by atoms with Crippen molar-refractivity contribution in [2.24, 2.45) is 0 Å². The Kier molecular flexibility index (Phi) is 5.82. The number of piperazine rings is 1.